The quantitative estimate of drug-likeness (QED) is 0.522. The molecule has 0 radical (unpaired) electrons. The number of non-ortho nitro benzene ring substituents is 1. The summed E-state index contributed by atoms with van der Waals surface area (Å²) in [5.74, 6) is -8.37. The van der Waals surface area contributed by atoms with Gasteiger partial charge in [0.05, 0.1) is 16.6 Å². The van der Waals surface area contributed by atoms with Crippen LogP contribution in [0.25, 0.3) is 0 Å². The standard InChI is InChI=1S/C14H7F3N4O2/c15-12-5-8(6-18)13(16)11(7-19)14(12,17)20-9-1-3-10(4-2-9)21(22)23/h1-5,11,20H. The summed E-state index contributed by atoms with van der Waals surface area (Å²) in [6.07, 6.45) is 0.363. The molecule has 0 spiro atoms. The lowest BCUT2D eigenvalue weighted by atomic mass is 9.88. The Labute approximate surface area is 127 Å². The number of nitriles is 2. The average Bonchev–Trinajstić information content (AvgIpc) is 2.52. The van der Waals surface area contributed by atoms with Crippen LogP contribution in [-0.4, -0.2) is 10.7 Å². The average molecular weight is 320 g/mol. The largest absolute Gasteiger partial charge is 0.346 e. The number of nitro groups is 1. The normalized spacial score (nSPS) is 23.5. The first kappa shape index (κ1) is 16.0. The Morgan fingerprint density at radius 2 is 1.87 bits per heavy atom. The highest BCUT2D eigenvalue weighted by atomic mass is 19.2. The molecule has 1 aliphatic carbocycles. The van der Waals surface area contributed by atoms with Crippen LogP contribution in [0.15, 0.2) is 47.6 Å². The fraction of sp³-hybridized carbons (Fsp3) is 0.143. The molecule has 0 heterocycles. The van der Waals surface area contributed by atoms with Gasteiger partial charge in [-0.05, 0) is 18.2 Å². The van der Waals surface area contributed by atoms with Crippen molar-refractivity contribution in [3.05, 3.63) is 57.7 Å². The van der Waals surface area contributed by atoms with E-state index in [-0.39, 0.29) is 11.4 Å². The van der Waals surface area contributed by atoms with E-state index in [0.29, 0.717) is 6.08 Å². The van der Waals surface area contributed by atoms with Crippen molar-refractivity contribution in [1.82, 2.24) is 0 Å². The van der Waals surface area contributed by atoms with Crippen LogP contribution >= 0.6 is 0 Å². The summed E-state index contributed by atoms with van der Waals surface area (Å²) in [5.41, 5.74) is -1.15. The molecule has 2 rings (SSSR count). The van der Waals surface area contributed by atoms with Gasteiger partial charge in [-0.3, -0.25) is 10.1 Å². The zero-order valence-corrected chi connectivity index (χ0v) is 11.3. The van der Waals surface area contributed by atoms with Gasteiger partial charge in [-0.1, -0.05) is 0 Å². The molecule has 23 heavy (non-hydrogen) atoms. The minimum Gasteiger partial charge on any atom is -0.346 e. The van der Waals surface area contributed by atoms with E-state index in [2.05, 4.69) is 0 Å². The lowest BCUT2D eigenvalue weighted by molar-refractivity contribution is -0.384. The van der Waals surface area contributed by atoms with Crippen LogP contribution in [0, 0.1) is 38.7 Å². The second-order valence-electron chi connectivity index (χ2n) is 4.57. The van der Waals surface area contributed by atoms with Crippen LogP contribution in [0.4, 0.5) is 24.5 Å². The predicted octanol–water partition coefficient (Wildman–Crippen LogP) is 3.43. The van der Waals surface area contributed by atoms with Crippen LogP contribution in [0.1, 0.15) is 0 Å². The number of nitro benzene ring substituents is 1. The van der Waals surface area contributed by atoms with Crippen molar-refractivity contribution < 1.29 is 18.1 Å². The van der Waals surface area contributed by atoms with Crippen molar-refractivity contribution in [2.24, 2.45) is 5.92 Å². The molecule has 0 aliphatic heterocycles. The minimum absolute atomic E-state index is 0.102. The van der Waals surface area contributed by atoms with Gasteiger partial charge in [0.15, 0.2) is 11.7 Å². The Bertz CT molecular complexity index is 805. The molecule has 2 unspecified atom stereocenters. The van der Waals surface area contributed by atoms with Crippen molar-refractivity contribution in [1.29, 1.82) is 10.5 Å². The molecule has 116 valence electrons. The lowest BCUT2D eigenvalue weighted by Gasteiger charge is -2.31. The smallest absolute Gasteiger partial charge is 0.269 e. The number of anilines is 1. The molecule has 0 bridgehead atoms. The van der Waals surface area contributed by atoms with E-state index in [1.54, 1.807) is 0 Å². The van der Waals surface area contributed by atoms with Crippen LogP contribution in [0.5, 0.6) is 0 Å². The summed E-state index contributed by atoms with van der Waals surface area (Å²) >= 11 is 0. The number of benzene rings is 1. The molecule has 0 aromatic heterocycles. The zero-order valence-electron chi connectivity index (χ0n) is 11.3. The molecule has 6 nitrogen and oxygen atoms in total. The first-order valence-electron chi connectivity index (χ1n) is 6.12. The number of halogens is 3. The first-order valence-corrected chi connectivity index (χ1v) is 6.12. The third-order valence-electron chi connectivity index (χ3n) is 3.18. The molecule has 1 aliphatic rings. The number of hydrogen-bond acceptors (Lipinski definition) is 5. The molecular weight excluding hydrogens is 313 g/mol. The van der Waals surface area contributed by atoms with E-state index >= 15 is 0 Å². The second kappa shape index (κ2) is 5.81. The van der Waals surface area contributed by atoms with Gasteiger partial charge < -0.3 is 5.32 Å². The van der Waals surface area contributed by atoms with Crippen molar-refractivity contribution in [3.63, 3.8) is 0 Å². The summed E-state index contributed by atoms with van der Waals surface area (Å²) in [7, 11) is 0. The molecule has 0 saturated heterocycles. The highest BCUT2D eigenvalue weighted by molar-refractivity contribution is 5.55. The van der Waals surface area contributed by atoms with E-state index in [1.165, 1.54) is 12.1 Å². The van der Waals surface area contributed by atoms with Gasteiger partial charge in [0.1, 0.15) is 11.9 Å². The van der Waals surface area contributed by atoms with Gasteiger partial charge in [0, 0.05) is 17.8 Å². The van der Waals surface area contributed by atoms with Gasteiger partial charge in [0.25, 0.3) is 11.5 Å². The maximum Gasteiger partial charge on any atom is 0.269 e. The summed E-state index contributed by atoms with van der Waals surface area (Å²) < 4.78 is 42.7. The van der Waals surface area contributed by atoms with Crippen LogP contribution in [-0.2, 0) is 0 Å². The number of allylic oxidation sites excluding steroid dienone is 2. The summed E-state index contributed by atoms with van der Waals surface area (Å²) in [6.45, 7) is 0. The molecule has 2 atom stereocenters. The lowest BCUT2D eigenvalue weighted by Crippen LogP contribution is -2.44. The number of nitrogens with zero attached hydrogens (tertiary/aromatic N) is 3. The van der Waals surface area contributed by atoms with Crippen molar-refractivity contribution >= 4 is 11.4 Å². The second-order valence-corrected chi connectivity index (χ2v) is 4.57. The van der Waals surface area contributed by atoms with Crippen molar-refractivity contribution in [2.45, 2.75) is 5.79 Å². The zero-order chi connectivity index (χ0) is 17.2. The monoisotopic (exact) mass is 320 g/mol. The minimum atomic E-state index is -3.23. The van der Waals surface area contributed by atoms with Gasteiger partial charge in [-0.2, -0.15) is 10.5 Å². The molecule has 0 fully saturated rings. The first-order chi connectivity index (χ1) is 10.8. The van der Waals surface area contributed by atoms with Crippen molar-refractivity contribution in [3.8, 4) is 12.1 Å². The van der Waals surface area contributed by atoms with Crippen LogP contribution in [0.3, 0.4) is 0 Å². The highest BCUT2D eigenvalue weighted by Gasteiger charge is 2.50. The fourth-order valence-electron chi connectivity index (χ4n) is 2.01. The molecular formula is C14H7F3N4O2. The van der Waals surface area contributed by atoms with E-state index in [4.69, 9.17) is 10.5 Å². The van der Waals surface area contributed by atoms with E-state index < -0.39 is 33.9 Å². The molecule has 1 aromatic rings. The molecule has 0 amide bonds. The third kappa shape index (κ3) is 2.72. The van der Waals surface area contributed by atoms with Gasteiger partial charge in [-0.15, -0.1) is 0 Å². The Morgan fingerprint density at radius 3 is 2.35 bits per heavy atom. The third-order valence-corrected chi connectivity index (χ3v) is 3.18. The van der Waals surface area contributed by atoms with E-state index in [9.17, 15) is 23.3 Å². The fourth-order valence-corrected chi connectivity index (χ4v) is 2.01. The SMILES string of the molecule is N#CC1=C(F)C(C#N)C(F)(Nc2ccc([N+](=O)[O-])cc2)C(F)=C1. The van der Waals surface area contributed by atoms with Crippen LogP contribution in [0.2, 0.25) is 0 Å². The molecule has 9 heteroatoms. The van der Waals surface area contributed by atoms with E-state index in [0.717, 1.165) is 24.3 Å². The summed E-state index contributed by atoms with van der Waals surface area (Å²) in [5, 5.41) is 30.1. The van der Waals surface area contributed by atoms with Crippen LogP contribution < -0.4 is 5.32 Å². The summed E-state index contributed by atoms with van der Waals surface area (Å²) in [6, 6.07) is 6.85. The van der Waals surface area contributed by atoms with Gasteiger partial charge in [0.2, 0.25) is 0 Å². The molecule has 0 saturated carbocycles. The summed E-state index contributed by atoms with van der Waals surface area (Å²) in [4.78, 5) is 9.86. The maximum absolute atomic E-state index is 14.8. The van der Waals surface area contributed by atoms with Gasteiger partial charge in [-0.25, -0.2) is 13.2 Å². The van der Waals surface area contributed by atoms with Gasteiger partial charge >= 0.3 is 0 Å². The molecule has 1 N–H and O–H groups in total. The Morgan fingerprint density at radius 1 is 1.26 bits per heavy atom. The molecule has 1 aromatic carbocycles. The van der Waals surface area contributed by atoms with E-state index in [1.807, 2.05) is 5.32 Å². The number of rotatable bonds is 3. The number of alkyl halides is 1. The van der Waals surface area contributed by atoms with Crippen molar-refractivity contribution in [2.75, 3.05) is 5.32 Å². The highest BCUT2D eigenvalue weighted by Crippen LogP contribution is 2.42. The Kier molecular flexibility index (Phi) is 4.06. The Hall–Kier alpha value is -3.33. The number of hydrogen-bond donors (Lipinski definition) is 1. The predicted molar refractivity (Wildman–Crippen MR) is 72.6 cm³/mol. The topological polar surface area (TPSA) is 103 Å². The Balaban J connectivity index is 2.40. The maximum atomic E-state index is 14.8. The number of nitrogens with one attached hydrogen (secondary N) is 1.